The molecule has 0 aromatic heterocycles. The van der Waals surface area contributed by atoms with Gasteiger partial charge < -0.3 is 15.6 Å². The molecule has 1 aliphatic rings. The number of aliphatic hydroxyl groups is 1. The van der Waals surface area contributed by atoms with Gasteiger partial charge in [-0.25, -0.2) is 8.42 Å². The molecule has 0 saturated heterocycles. The van der Waals surface area contributed by atoms with Crippen molar-refractivity contribution in [3.05, 3.63) is 0 Å². The van der Waals surface area contributed by atoms with E-state index in [4.69, 9.17) is 10.8 Å². The third kappa shape index (κ3) is 4.91. The van der Waals surface area contributed by atoms with E-state index >= 15 is 0 Å². The van der Waals surface area contributed by atoms with Crippen LogP contribution in [-0.2, 0) is 19.4 Å². The van der Waals surface area contributed by atoms with Crippen LogP contribution in [0.15, 0.2) is 0 Å². The molecule has 1 saturated carbocycles. The summed E-state index contributed by atoms with van der Waals surface area (Å²) >= 11 is 0. The van der Waals surface area contributed by atoms with Crippen LogP contribution in [0, 0.1) is 5.41 Å². The molecule has 18 heavy (non-hydrogen) atoms. The highest BCUT2D eigenvalue weighted by Crippen LogP contribution is 2.50. The summed E-state index contributed by atoms with van der Waals surface area (Å²) in [4.78, 5) is 11.2. The normalized spacial score (nSPS) is 19.3. The van der Waals surface area contributed by atoms with Gasteiger partial charge >= 0.3 is 5.97 Å². The number of methoxy groups -OCH3 is 1. The fourth-order valence-corrected chi connectivity index (χ4v) is 4.29. The number of ether oxygens (including phenoxy) is 1. The molecule has 0 heterocycles. The van der Waals surface area contributed by atoms with Gasteiger partial charge in [-0.1, -0.05) is 0 Å². The summed E-state index contributed by atoms with van der Waals surface area (Å²) in [5, 5.41) is 8.69. The molecule has 6 nitrogen and oxygen atoms in total. The molecule has 0 spiro atoms. The summed E-state index contributed by atoms with van der Waals surface area (Å²) in [7, 11) is -2.00. The first-order chi connectivity index (χ1) is 8.32. The Labute approximate surface area is 107 Å². The zero-order valence-electron chi connectivity index (χ0n) is 10.6. The molecular weight excluding hydrogens is 258 g/mol. The Kier molecular flexibility index (Phi) is 5.12. The molecule has 106 valence electrons. The fourth-order valence-electron chi connectivity index (χ4n) is 2.03. The maximum atomic E-state index is 11.9. The second-order valence-corrected chi connectivity index (χ2v) is 7.19. The predicted octanol–water partition coefficient (Wildman–Crippen LogP) is -0.546. The van der Waals surface area contributed by atoms with Crippen LogP contribution < -0.4 is 5.73 Å². The summed E-state index contributed by atoms with van der Waals surface area (Å²) in [6.45, 7) is -0.121. The summed E-state index contributed by atoms with van der Waals surface area (Å²) in [5.74, 6) is -0.535. The number of hydrogen-bond acceptors (Lipinski definition) is 6. The Morgan fingerprint density at radius 3 is 2.56 bits per heavy atom. The summed E-state index contributed by atoms with van der Waals surface area (Å²) in [5.41, 5.74) is 5.17. The van der Waals surface area contributed by atoms with Gasteiger partial charge in [-0.05, 0) is 24.7 Å². The minimum Gasteiger partial charge on any atom is -0.469 e. The Morgan fingerprint density at radius 1 is 1.50 bits per heavy atom. The molecule has 3 N–H and O–H groups in total. The average molecular weight is 279 g/mol. The van der Waals surface area contributed by atoms with E-state index in [1.807, 2.05) is 0 Å². The molecule has 0 radical (unpaired) electrons. The number of carbonyl (C=O) groups excluding carboxylic acids is 1. The van der Waals surface area contributed by atoms with Gasteiger partial charge in [0.2, 0.25) is 0 Å². The third-order valence-corrected chi connectivity index (χ3v) is 5.19. The minimum absolute atomic E-state index is 0.0196. The van der Waals surface area contributed by atoms with Gasteiger partial charge in [-0.2, -0.15) is 0 Å². The fraction of sp³-hybridized carbons (Fsp3) is 0.909. The number of carbonyl (C=O) groups is 1. The summed E-state index contributed by atoms with van der Waals surface area (Å²) < 4.78 is 28.4. The van der Waals surface area contributed by atoms with Crippen molar-refractivity contribution in [1.82, 2.24) is 0 Å². The topological polar surface area (TPSA) is 107 Å². The number of rotatable bonds is 8. The van der Waals surface area contributed by atoms with Gasteiger partial charge in [0.15, 0.2) is 9.84 Å². The zero-order chi connectivity index (χ0) is 13.8. The van der Waals surface area contributed by atoms with Crippen LogP contribution in [0.5, 0.6) is 0 Å². The van der Waals surface area contributed by atoms with Crippen molar-refractivity contribution in [2.75, 3.05) is 25.2 Å². The summed E-state index contributed by atoms with van der Waals surface area (Å²) in [6.07, 6.45) is 1.88. The highest BCUT2D eigenvalue weighted by molar-refractivity contribution is 7.91. The first-order valence-electron chi connectivity index (χ1n) is 5.96. The molecule has 1 rings (SSSR count). The lowest BCUT2D eigenvalue weighted by atomic mass is 10.1. The van der Waals surface area contributed by atoms with Crippen molar-refractivity contribution >= 4 is 15.8 Å². The monoisotopic (exact) mass is 279 g/mol. The van der Waals surface area contributed by atoms with E-state index in [0.29, 0.717) is 0 Å². The Bertz CT molecular complexity index is 388. The molecule has 0 aromatic carbocycles. The van der Waals surface area contributed by atoms with E-state index in [9.17, 15) is 13.2 Å². The van der Waals surface area contributed by atoms with Crippen molar-refractivity contribution < 1.29 is 23.1 Å². The lowest BCUT2D eigenvalue weighted by Gasteiger charge is -2.16. The van der Waals surface area contributed by atoms with Crippen LogP contribution in [-0.4, -0.2) is 50.8 Å². The smallest absolute Gasteiger partial charge is 0.306 e. The average Bonchev–Trinajstić information content (AvgIpc) is 2.95. The van der Waals surface area contributed by atoms with Crippen molar-refractivity contribution in [2.45, 2.75) is 31.7 Å². The first-order valence-corrected chi connectivity index (χ1v) is 7.78. The number of hydrogen-bond donors (Lipinski definition) is 2. The quantitative estimate of drug-likeness (QED) is 0.578. The van der Waals surface area contributed by atoms with Gasteiger partial charge in [0.1, 0.15) is 0 Å². The van der Waals surface area contributed by atoms with Crippen LogP contribution in [0.1, 0.15) is 25.7 Å². The number of nitrogens with two attached hydrogens (primary N) is 1. The van der Waals surface area contributed by atoms with Crippen LogP contribution in [0.2, 0.25) is 0 Å². The second kappa shape index (κ2) is 5.99. The highest BCUT2D eigenvalue weighted by atomic mass is 32.2. The maximum absolute atomic E-state index is 11.9. The van der Waals surface area contributed by atoms with E-state index in [0.717, 1.165) is 12.8 Å². The molecule has 1 atom stereocenters. The van der Waals surface area contributed by atoms with Crippen molar-refractivity contribution in [2.24, 2.45) is 11.1 Å². The maximum Gasteiger partial charge on any atom is 0.306 e. The minimum atomic E-state index is -3.30. The molecule has 7 heteroatoms. The number of aliphatic hydroxyl groups excluding tert-OH is 1. The van der Waals surface area contributed by atoms with E-state index in [-0.39, 0.29) is 36.9 Å². The van der Waals surface area contributed by atoms with Crippen LogP contribution in [0.25, 0.3) is 0 Å². The Morgan fingerprint density at radius 2 is 2.11 bits per heavy atom. The largest absolute Gasteiger partial charge is 0.469 e. The zero-order valence-corrected chi connectivity index (χ0v) is 11.4. The van der Waals surface area contributed by atoms with Crippen molar-refractivity contribution in [3.8, 4) is 0 Å². The van der Waals surface area contributed by atoms with Gasteiger partial charge in [0, 0.05) is 12.6 Å². The molecule has 0 bridgehead atoms. The van der Waals surface area contributed by atoms with E-state index in [1.54, 1.807) is 0 Å². The molecule has 1 aliphatic carbocycles. The molecule has 0 aliphatic heterocycles. The summed E-state index contributed by atoms with van der Waals surface area (Å²) in [6, 6.07) is -0.547. The van der Waals surface area contributed by atoms with Crippen molar-refractivity contribution in [1.29, 1.82) is 0 Å². The van der Waals surface area contributed by atoms with Gasteiger partial charge in [-0.15, -0.1) is 0 Å². The SMILES string of the molecule is COC(=O)CC1(CS(=O)(=O)CC(N)CCO)CC1. The van der Waals surface area contributed by atoms with E-state index < -0.39 is 21.3 Å². The Balaban J connectivity index is 2.52. The number of sulfone groups is 1. The standard InChI is InChI=1S/C11H21NO5S/c1-17-10(14)6-11(3-4-11)8-18(15,16)7-9(12)2-5-13/h9,13H,2-8,12H2,1H3. The third-order valence-electron chi connectivity index (χ3n) is 3.20. The van der Waals surface area contributed by atoms with E-state index in [2.05, 4.69) is 4.74 Å². The lowest BCUT2D eigenvalue weighted by molar-refractivity contribution is -0.141. The predicted molar refractivity (Wildman–Crippen MR) is 66.6 cm³/mol. The number of esters is 1. The molecule has 0 amide bonds. The molecule has 0 aromatic rings. The van der Waals surface area contributed by atoms with E-state index in [1.165, 1.54) is 7.11 Å². The Hall–Kier alpha value is -0.660. The molecule has 1 fully saturated rings. The van der Waals surface area contributed by atoms with Gasteiger partial charge in [0.25, 0.3) is 0 Å². The van der Waals surface area contributed by atoms with Crippen LogP contribution in [0.3, 0.4) is 0 Å². The van der Waals surface area contributed by atoms with Gasteiger partial charge in [-0.3, -0.25) is 4.79 Å². The van der Waals surface area contributed by atoms with Gasteiger partial charge in [0.05, 0.1) is 25.0 Å². The molecule has 1 unspecified atom stereocenters. The van der Waals surface area contributed by atoms with Crippen LogP contribution >= 0.6 is 0 Å². The van der Waals surface area contributed by atoms with Crippen LogP contribution in [0.4, 0.5) is 0 Å². The lowest BCUT2D eigenvalue weighted by Crippen LogP contribution is -2.34. The first kappa shape index (κ1) is 15.4. The molecular formula is C11H21NO5S. The second-order valence-electron chi connectivity index (χ2n) is 5.08. The highest BCUT2D eigenvalue weighted by Gasteiger charge is 2.47. The van der Waals surface area contributed by atoms with Crippen molar-refractivity contribution in [3.63, 3.8) is 0 Å².